The van der Waals surface area contributed by atoms with E-state index in [1.165, 1.54) is 17.3 Å². The summed E-state index contributed by atoms with van der Waals surface area (Å²) in [6, 6.07) is -0.718. The Morgan fingerprint density at radius 3 is 2.95 bits per heavy atom. The molecule has 0 aliphatic carbocycles. The summed E-state index contributed by atoms with van der Waals surface area (Å²) < 4.78 is 0. The highest BCUT2D eigenvalue weighted by Gasteiger charge is 2.34. The van der Waals surface area contributed by atoms with Crippen LogP contribution < -0.4 is 10.6 Å². The summed E-state index contributed by atoms with van der Waals surface area (Å²) in [5.41, 5.74) is 0.102. The predicted molar refractivity (Wildman–Crippen MR) is 74.5 cm³/mol. The number of hydrogen-bond donors (Lipinski definition) is 2. The van der Waals surface area contributed by atoms with Crippen molar-refractivity contribution in [3.63, 3.8) is 0 Å². The molecule has 1 unspecified atom stereocenters. The van der Waals surface area contributed by atoms with Crippen LogP contribution in [-0.4, -0.2) is 51.7 Å². The third-order valence-electron chi connectivity index (χ3n) is 3.09. The van der Waals surface area contributed by atoms with Crippen molar-refractivity contribution < 1.29 is 14.4 Å². The van der Waals surface area contributed by atoms with Gasteiger partial charge in [0.1, 0.15) is 24.1 Å². The van der Waals surface area contributed by atoms with E-state index in [2.05, 4.69) is 20.6 Å². The third kappa shape index (κ3) is 3.33. The van der Waals surface area contributed by atoms with Gasteiger partial charge in [-0.2, -0.15) is 0 Å². The highest BCUT2D eigenvalue weighted by Crippen LogP contribution is 2.11. The van der Waals surface area contributed by atoms with Gasteiger partial charge < -0.3 is 10.2 Å². The lowest BCUT2D eigenvalue weighted by Crippen LogP contribution is -2.58. The molecular formula is C13H17N5O3. The lowest BCUT2D eigenvalue weighted by Gasteiger charge is -2.31. The molecular weight excluding hydrogens is 274 g/mol. The van der Waals surface area contributed by atoms with Crippen LogP contribution in [0.3, 0.4) is 0 Å². The van der Waals surface area contributed by atoms with E-state index >= 15 is 0 Å². The van der Waals surface area contributed by atoms with Crippen molar-refractivity contribution in [3.8, 4) is 0 Å². The Bertz CT molecular complexity index is 575. The monoisotopic (exact) mass is 291 g/mol. The first-order chi connectivity index (χ1) is 10.0. The number of nitrogens with zero attached hydrogens (tertiary/aromatic N) is 3. The first kappa shape index (κ1) is 14.9. The molecule has 0 spiro atoms. The van der Waals surface area contributed by atoms with Crippen LogP contribution in [0.4, 0.5) is 5.82 Å². The Hall–Kier alpha value is -2.51. The Morgan fingerprint density at radius 2 is 2.24 bits per heavy atom. The molecule has 1 aromatic rings. The third-order valence-corrected chi connectivity index (χ3v) is 3.09. The van der Waals surface area contributed by atoms with Gasteiger partial charge in [0, 0.05) is 6.54 Å². The van der Waals surface area contributed by atoms with E-state index in [4.69, 9.17) is 0 Å². The van der Waals surface area contributed by atoms with Crippen LogP contribution in [0.2, 0.25) is 0 Å². The molecule has 2 N–H and O–H groups in total. The van der Waals surface area contributed by atoms with E-state index in [1.54, 1.807) is 6.92 Å². The number of imide groups is 1. The van der Waals surface area contributed by atoms with Crippen LogP contribution in [-0.2, 0) is 9.59 Å². The first-order valence-corrected chi connectivity index (χ1v) is 6.73. The molecule has 2 rings (SSSR count). The number of anilines is 1. The summed E-state index contributed by atoms with van der Waals surface area (Å²) in [4.78, 5) is 44.7. The van der Waals surface area contributed by atoms with Crippen LogP contribution >= 0.6 is 0 Å². The highest BCUT2D eigenvalue weighted by atomic mass is 16.2. The summed E-state index contributed by atoms with van der Waals surface area (Å²) in [5.74, 6) is -0.992. The van der Waals surface area contributed by atoms with Crippen LogP contribution in [0.1, 0.15) is 30.8 Å². The molecule has 1 aliphatic heterocycles. The summed E-state index contributed by atoms with van der Waals surface area (Å²) >= 11 is 0. The summed E-state index contributed by atoms with van der Waals surface area (Å²) in [5, 5.41) is 5.22. The molecule has 0 aromatic carbocycles. The average molecular weight is 291 g/mol. The molecule has 2 heterocycles. The Balaban J connectivity index is 2.18. The van der Waals surface area contributed by atoms with Gasteiger partial charge in [0.25, 0.3) is 5.91 Å². The fourth-order valence-corrected chi connectivity index (χ4v) is 1.92. The van der Waals surface area contributed by atoms with Crippen LogP contribution in [0, 0.1) is 0 Å². The zero-order chi connectivity index (χ0) is 15.4. The van der Waals surface area contributed by atoms with Gasteiger partial charge >= 0.3 is 0 Å². The van der Waals surface area contributed by atoms with Crippen molar-refractivity contribution in [1.82, 2.24) is 20.2 Å². The Kier molecular flexibility index (Phi) is 4.46. The van der Waals surface area contributed by atoms with Crippen molar-refractivity contribution in [2.75, 3.05) is 18.4 Å². The van der Waals surface area contributed by atoms with Crippen LogP contribution in [0.15, 0.2) is 12.4 Å². The van der Waals surface area contributed by atoms with E-state index in [9.17, 15) is 14.4 Å². The minimum Gasteiger partial charge on any atom is -0.369 e. The zero-order valence-electron chi connectivity index (χ0n) is 11.9. The summed E-state index contributed by atoms with van der Waals surface area (Å²) in [6.07, 6.45) is 3.75. The topological polar surface area (TPSA) is 104 Å². The molecule has 0 saturated carbocycles. The second kappa shape index (κ2) is 6.29. The number of carbonyl (C=O) groups is 3. The smallest absolute Gasteiger partial charge is 0.275 e. The van der Waals surface area contributed by atoms with Gasteiger partial charge in [-0.15, -0.1) is 0 Å². The van der Waals surface area contributed by atoms with Gasteiger partial charge in [-0.1, -0.05) is 6.92 Å². The van der Waals surface area contributed by atoms with Crippen molar-refractivity contribution in [3.05, 3.63) is 18.1 Å². The van der Waals surface area contributed by atoms with Gasteiger partial charge in [0.05, 0.1) is 12.4 Å². The second-order valence-corrected chi connectivity index (χ2v) is 4.74. The standard InChI is InChI=1S/C13H17N5O3/c1-3-4-15-10-6-14-5-9(16-10)13(21)18-7-11(19)17-12(20)8(18)2/h5-6,8H,3-4,7H2,1-2H3,(H,15,16)(H,17,19,20). The summed E-state index contributed by atoms with van der Waals surface area (Å²) in [7, 11) is 0. The molecule has 1 saturated heterocycles. The molecule has 112 valence electrons. The molecule has 8 nitrogen and oxygen atoms in total. The fraction of sp³-hybridized carbons (Fsp3) is 0.462. The lowest BCUT2D eigenvalue weighted by molar-refractivity contribution is -0.138. The van der Waals surface area contributed by atoms with E-state index in [-0.39, 0.29) is 12.2 Å². The fourth-order valence-electron chi connectivity index (χ4n) is 1.92. The van der Waals surface area contributed by atoms with E-state index in [0.717, 1.165) is 6.42 Å². The molecule has 0 radical (unpaired) electrons. The number of aromatic nitrogens is 2. The van der Waals surface area contributed by atoms with Gasteiger partial charge in [-0.05, 0) is 13.3 Å². The number of hydrogen-bond acceptors (Lipinski definition) is 6. The highest BCUT2D eigenvalue weighted by molar-refractivity contribution is 6.06. The Morgan fingerprint density at radius 1 is 1.48 bits per heavy atom. The predicted octanol–water partition coefficient (Wildman–Crippen LogP) is -0.214. The molecule has 3 amide bonds. The van der Waals surface area contributed by atoms with Crippen LogP contribution in [0.25, 0.3) is 0 Å². The lowest BCUT2D eigenvalue weighted by atomic mass is 10.2. The molecule has 0 bridgehead atoms. The maximum absolute atomic E-state index is 12.4. The van der Waals surface area contributed by atoms with E-state index in [1.807, 2.05) is 6.92 Å². The van der Waals surface area contributed by atoms with E-state index < -0.39 is 23.8 Å². The minimum atomic E-state index is -0.718. The van der Waals surface area contributed by atoms with Crippen molar-refractivity contribution in [2.24, 2.45) is 0 Å². The molecule has 1 aliphatic rings. The average Bonchev–Trinajstić information content (AvgIpc) is 2.48. The molecule has 8 heteroatoms. The van der Waals surface area contributed by atoms with Gasteiger partial charge in [0.2, 0.25) is 11.8 Å². The minimum absolute atomic E-state index is 0.102. The molecule has 21 heavy (non-hydrogen) atoms. The normalized spacial score (nSPS) is 18.4. The zero-order valence-corrected chi connectivity index (χ0v) is 11.9. The van der Waals surface area contributed by atoms with E-state index in [0.29, 0.717) is 12.4 Å². The maximum Gasteiger partial charge on any atom is 0.275 e. The Labute approximate surface area is 121 Å². The molecule has 1 aromatic heterocycles. The number of piperazine rings is 1. The van der Waals surface area contributed by atoms with Gasteiger partial charge in [-0.25, -0.2) is 4.98 Å². The largest absolute Gasteiger partial charge is 0.369 e. The summed E-state index contributed by atoms with van der Waals surface area (Å²) in [6.45, 7) is 4.12. The first-order valence-electron chi connectivity index (χ1n) is 6.73. The SMILES string of the molecule is CCCNc1cncc(C(=O)N2CC(=O)NC(=O)C2C)n1. The second-order valence-electron chi connectivity index (χ2n) is 4.74. The van der Waals surface area contributed by atoms with Gasteiger partial charge in [0.15, 0.2) is 0 Å². The quantitative estimate of drug-likeness (QED) is 0.744. The van der Waals surface area contributed by atoms with Crippen molar-refractivity contribution in [2.45, 2.75) is 26.3 Å². The number of carbonyl (C=O) groups excluding carboxylic acids is 3. The van der Waals surface area contributed by atoms with Crippen LogP contribution in [0.5, 0.6) is 0 Å². The number of nitrogens with one attached hydrogen (secondary N) is 2. The van der Waals surface area contributed by atoms with Crippen molar-refractivity contribution >= 4 is 23.5 Å². The molecule has 1 atom stereocenters. The number of amides is 3. The van der Waals surface area contributed by atoms with Gasteiger partial charge in [-0.3, -0.25) is 24.7 Å². The van der Waals surface area contributed by atoms with Crippen molar-refractivity contribution in [1.29, 1.82) is 0 Å². The number of rotatable bonds is 4. The molecule has 1 fully saturated rings. The maximum atomic E-state index is 12.4.